The van der Waals surface area contributed by atoms with Crippen LogP contribution in [0, 0.1) is 23.7 Å². The van der Waals surface area contributed by atoms with Crippen LogP contribution in [0.25, 0.3) is 0 Å². The molecule has 4 rings (SSSR count). The van der Waals surface area contributed by atoms with Crippen molar-refractivity contribution in [3.05, 3.63) is 29.8 Å². The fraction of sp³-hybridized carbons (Fsp3) is 0.667. The lowest BCUT2D eigenvalue weighted by atomic mass is 9.55. The molecule has 1 aromatic rings. The van der Waals surface area contributed by atoms with Gasteiger partial charge in [0.2, 0.25) is 10.0 Å². The van der Waals surface area contributed by atoms with Crippen molar-refractivity contribution >= 4 is 15.8 Å². The van der Waals surface area contributed by atoms with Crippen LogP contribution in [-0.4, -0.2) is 31.6 Å². The molecule has 2 atom stereocenters. The Kier molecular flexibility index (Phi) is 4.31. The monoisotopic (exact) mass is 375 g/mol. The molecule has 2 bridgehead atoms. The summed E-state index contributed by atoms with van der Waals surface area (Å²) in [5, 5.41) is 0. The summed E-state index contributed by atoms with van der Waals surface area (Å²) in [5.41, 5.74) is 0.671. The Balaban J connectivity index is 1.72. The number of hydrogen-bond acceptors (Lipinski definition) is 3. The first-order chi connectivity index (χ1) is 12.2. The average Bonchev–Trinajstić information content (AvgIpc) is 3.08. The minimum Gasteiger partial charge on any atom is -0.300 e. The van der Waals surface area contributed by atoms with E-state index in [-0.39, 0.29) is 10.8 Å². The lowest BCUT2D eigenvalue weighted by Gasteiger charge is -2.56. The second-order valence-electron chi connectivity index (χ2n) is 9.31. The number of aryl methyl sites for hydroxylation is 1. The molecule has 2 unspecified atom stereocenters. The zero-order valence-electron chi connectivity index (χ0n) is 15.8. The molecule has 3 aliphatic rings. The first-order valence-electron chi connectivity index (χ1n) is 9.81. The summed E-state index contributed by atoms with van der Waals surface area (Å²) >= 11 is 0. The Morgan fingerprint density at radius 1 is 1.04 bits per heavy atom. The molecule has 0 radical (unpaired) electrons. The molecule has 142 valence electrons. The van der Waals surface area contributed by atoms with Gasteiger partial charge in [-0.05, 0) is 55.1 Å². The van der Waals surface area contributed by atoms with Crippen LogP contribution >= 0.6 is 0 Å². The van der Waals surface area contributed by atoms with Crippen molar-refractivity contribution in [2.24, 2.45) is 16.7 Å². The molecule has 2 aliphatic carbocycles. The first-order valence-corrected chi connectivity index (χ1v) is 11.3. The number of carbonyl (C=O) groups excluding carboxylic acids is 1. The third-order valence-corrected chi connectivity index (χ3v) is 8.69. The fourth-order valence-corrected chi connectivity index (χ4v) is 7.63. The number of benzene rings is 1. The highest BCUT2D eigenvalue weighted by molar-refractivity contribution is 7.89. The van der Waals surface area contributed by atoms with E-state index >= 15 is 0 Å². The SMILES string of the molecule is Cc1ccc(S(=O)(=O)N2CC3(C)CC(=O)CC(C4CCCC4)(C2)C3)cc1. The molecule has 0 N–H and O–H groups in total. The molecule has 0 aromatic heterocycles. The van der Waals surface area contributed by atoms with Gasteiger partial charge >= 0.3 is 0 Å². The van der Waals surface area contributed by atoms with Crippen LogP contribution in [0.15, 0.2) is 29.2 Å². The molecule has 1 aromatic carbocycles. The van der Waals surface area contributed by atoms with Crippen LogP contribution in [0.4, 0.5) is 0 Å². The molecular formula is C21H29NO3S. The molecule has 0 spiro atoms. The van der Waals surface area contributed by atoms with Crippen LogP contribution in [0.3, 0.4) is 0 Å². The van der Waals surface area contributed by atoms with Crippen molar-refractivity contribution in [3.63, 3.8) is 0 Å². The summed E-state index contributed by atoms with van der Waals surface area (Å²) in [6, 6.07) is 7.14. The van der Waals surface area contributed by atoms with E-state index in [4.69, 9.17) is 0 Å². The van der Waals surface area contributed by atoms with Crippen molar-refractivity contribution in [2.75, 3.05) is 13.1 Å². The quantitative estimate of drug-likeness (QED) is 0.804. The smallest absolute Gasteiger partial charge is 0.243 e. The van der Waals surface area contributed by atoms with E-state index in [0.29, 0.717) is 42.5 Å². The number of hydrogen-bond donors (Lipinski definition) is 0. The minimum absolute atomic E-state index is 0.156. The predicted octanol–water partition coefficient (Wildman–Crippen LogP) is 3.94. The number of Topliss-reactive ketones (excluding diaryl/α,β-unsaturated/α-hetero) is 1. The second kappa shape index (κ2) is 6.16. The summed E-state index contributed by atoms with van der Waals surface area (Å²) in [5.74, 6) is 0.820. The van der Waals surface area contributed by atoms with Gasteiger partial charge in [-0.2, -0.15) is 4.31 Å². The Labute approximate surface area is 157 Å². The van der Waals surface area contributed by atoms with Crippen LogP contribution in [0.2, 0.25) is 0 Å². The standard InChI is InChI=1S/C21H29NO3S/c1-16-7-9-19(10-8-16)26(24,25)22-14-20(2)11-18(23)12-21(13-20,15-22)17-5-3-4-6-17/h7-10,17H,3-6,11-15H2,1-2H3. The number of nitrogens with zero attached hydrogens (tertiary/aromatic N) is 1. The zero-order chi connectivity index (χ0) is 18.6. The summed E-state index contributed by atoms with van der Waals surface area (Å²) in [6.07, 6.45) is 6.78. The number of carbonyl (C=O) groups is 1. The van der Waals surface area contributed by atoms with Crippen LogP contribution in [0.5, 0.6) is 0 Å². The van der Waals surface area contributed by atoms with Crippen molar-refractivity contribution < 1.29 is 13.2 Å². The van der Waals surface area contributed by atoms with E-state index in [2.05, 4.69) is 6.92 Å². The van der Waals surface area contributed by atoms with Crippen molar-refractivity contribution in [3.8, 4) is 0 Å². The van der Waals surface area contributed by atoms with E-state index in [1.807, 2.05) is 19.1 Å². The topological polar surface area (TPSA) is 54.5 Å². The van der Waals surface area contributed by atoms with Gasteiger partial charge in [0, 0.05) is 25.9 Å². The third-order valence-electron chi connectivity index (χ3n) is 6.88. The number of ketones is 1. The van der Waals surface area contributed by atoms with Crippen LogP contribution < -0.4 is 0 Å². The summed E-state index contributed by atoms with van der Waals surface area (Å²) in [6.45, 7) is 5.05. The molecule has 1 aliphatic heterocycles. The Bertz CT molecular complexity index is 810. The van der Waals surface area contributed by atoms with Crippen molar-refractivity contribution in [1.29, 1.82) is 0 Å². The van der Waals surface area contributed by atoms with Gasteiger partial charge < -0.3 is 0 Å². The molecule has 1 saturated heterocycles. The Morgan fingerprint density at radius 3 is 2.35 bits per heavy atom. The molecule has 4 nitrogen and oxygen atoms in total. The van der Waals surface area contributed by atoms with E-state index in [1.165, 1.54) is 12.8 Å². The lowest BCUT2D eigenvalue weighted by molar-refractivity contribution is -0.137. The second-order valence-corrected chi connectivity index (χ2v) is 11.2. The Morgan fingerprint density at radius 2 is 1.69 bits per heavy atom. The van der Waals surface area contributed by atoms with Gasteiger partial charge in [0.15, 0.2) is 0 Å². The maximum Gasteiger partial charge on any atom is 0.243 e. The van der Waals surface area contributed by atoms with E-state index < -0.39 is 10.0 Å². The molecule has 3 fully saturated rings. The maximum atomic E-state index is 13.4. The molecule has 2 saturated carbocycles. The van der Waals surface area contributed by atoms with Gasteiger partial charge in [0.05, 0.1) is 4.90 Å². The third kappa shape index (κ3) is 3.03. The maximum absolute atomic E-state index is 13.4. The van der Waals surface area contributed by atoms with Gasteiger partial charge in [-0.1, -0.05) is 37.5 Å². The highest BCUT2D eigenvalue weighted by atomic mass is 32.2. The molecule has 1 heterocycles. The van der Waals surface area contributed by atoms with Crippen molar-refractivity contribution in [2.45, 2.75) is 63.7 Å². The predicted molar refractivity (Wildman–Crippen MR) is 101 cm³/mol. The van der Waals surface area contributed by atoms with E-state index in [1.54, 1.807) is 16.4 Å². The first kappa shape index (κ1) is 18.2. The summed E-state index contributed by atoms with van der Waals surface area (Å²) in [4.78, 5) is 12.9. The summed E-state index contributed by atoms with van der Waals surface area (Å²) in [7, 11) is -3.52. The number of sulfonamides is 1. The number of piperidine rings is 1. The van der Waals surface area contributed by atoms with Crippen LogP contribution in [0.1, 0.15) is 57.4 Å². The van der Waals surface area contributed by atoms with E-state index in [0.717, 1.165) is 24.8 Å². The lowest BCUT2D eigenvalue weighted by Crippen LogP contribution is -2.59. The molecular weight excluding hydrogens is 346 g/mol. The number of fused-ring (bicyclic) bond motifs is 2. The van der Waals surface area contributed by atoms with Gasteiger partial charge in [-0.15, -0.1) is 0 Å². The fourth-order valence-electron chi connectivity index (χ4n) is 5.95. The highest BCUT2D eigenvalue weighted by Crippen LogP contribution is 2.57. The van der Waals surface area contributed by atoms with E-state index in [9.17, 15) is 13.2 Å². The zero-order valence-corrected chi connectivity index (χ0v) is 16.6. The average molecular weight is 376 g/mol. The highest BCUT2D eigenvalue weighted by Gasteiger charge is 2.56. The Hall–Kier alpha value is -1.20. The largest absolute Gasteiger partial charge is 0.300 e. The van der Waals surface area contributed by atoms with Gasteiger partial charge in [0.1, 0.15) is 5.78 Å². The molecule has 5 heteroatoms. The number of rotatable bonds is 3. The summed E-state index contributed by atoms with van der Waals surface area (Å²) < 4.78 is 28.4. The van der Waals surface area contributed by atoms with Crippen molar-refractivity contribution in [1.82, 2.24) is 4.31 Å². The van der Waals surface area contributed by atoms with Gasteiger partial charge in [0.25, 0.3) is 0 Å². The van der Waals surface area contributed by atoms with Gasteiger partial charge in [-0.25, -0.2) is 8.42 Å². The van der Waals surface area contributed by atoms with Gasteiger partial charge in [-0.3, -0.25) is 4.79 Å². The molecule has 26 heavy (non-hydrogen) atoms. The minimum atomic E-state index is -3.52. The van der Waals surface area contributed by atoms with Crippen LogP contribution in [-0.2, 0) is 14.8 Å². The normalized spacial score (nSPS) is 33.5. The molecule has 0 amide bonds.